The average molecular weight is 311 g/mol. The second-order valence-corrected chi connectivity index (χ2v) is 7.40. The van der Waals surface area contributed by atoms with Gasteiger partial charge in [0.15, 0.2) is 9.84 Å². The van der Waals surface area contributed by atoms with Crippen molar-refractivity contribution in [3.8, 4) is 0 Å². The lowest BCUT2D eigenvalue weighted by Gasteiger charge is -2.21. The van der Waals surface area contributed by atoms with E-state index in [1.54, 1.807) is 24.3 Å². The summed E-state index contributed by atoms with van der Waals surface area (Å²) < 4.78 is 29.4. The Kier molecular flexibility index (Phi) is 5.22. The molecule has 0 bridgehead atoms. The van der Waals surface area contributed by atoms with Crippen LogP contribution in [0, 0.1) is 6.92 Å². The quantitative estimate of drug-likeness (QED) is 0.928. The van der Waals surface area contributed by atoms with Crippen molar-refractivity contribution < 1.29 is 17.9 Å². The molecule has 21 heavy (non-hydrogen) atoms. The first-order chi connectivity index (χ1) is 9.97. The summed E-state index contributed by atoms with van der Waals surface area (Å²) >= 11 is 0. The number of carbonyl (C=O) groups is 1. The van der Waals surface area contributed by atoms with Crippen molar-refractivity contribution >= 4 is 15.9 Å². The Balaban J connectivity index is 1.86. The molecule has 1 aromatic carbocycles. The SMILES string of the molecule is Cc1ccc(S(=O)(=O)CNC(=O)OC2CCCCC2)cc1. The Labute approximate surface area is 125 Å². The van der Waals surface area contributed by atoms with Gasteiger partial charge < -0.3 is 10.1 Å². The molecule has 1 aliphatic carbocycles. The van der Waals surface area contributed by atoms with Crippen LogP contribution in [0.5, 0.6) is 0 Å². The molecule has 0 spiro atoms. The molecule has 116 valence electrons. The van der Waals surface area contributed by atoms with Crippen LogP contribution in [0.25, 0.3) is 0 Å². The molecule has 1 saturated carbocycles. The number of ether oxygens (including phenoxy) is 1. The molecular weight excluding hydrogens is 290 g/mol. The summed E-state index contributed by atoms with van der Waals surface area (Å²) in [4.78, 5) is 11.8. The van der Waals surface area contributed by atoms with E-state index in [1.165, 1.54) is 6.42 Å². The third kappa shape index (κ3) is 4.74. The maximum atomic E-state index is 12.1. The molecule has 0 aliphatic heterocycles. The topological polar surface area (TPSA) is 72.5 Å². The first kappa shape index (κ1) is 15.8. The molecule has 0 aromatic heterocycles. The molecule has 5 nitrogen and oxygen atoms in total. The zero-order valence-electron chi connectivity index (χ0n) is 12.2. The normalized spacial score (nSPS) is 16.4. The standard InChI is InChI=1S/C15H21NO4S/c1-12-7-9-14(10-8-12)21(18,19)11-16-15(17)20-13-5-3-2-4-6-13/h7-10,13H,2-6,11H2,1H3,(H,16,17). The van der Waals surface area contributed by atoms with Crippen LogP contribution in [0.3, 0.4) is 0 Å². The highest BCUT2D eigenvalue weighted by molar-refractivity contribution is 7.91. The summed E-state index contributed by atoms with van der Waals surface area (Å²) in [5.41, 5.74) is 0.985. The van der Waals surface area contributed by atoms with Crippen LogP contribution in [0.4, 0.5) is 4.79 Å². The van der Waals surface area contributed by atoms with E-state index in [9.17, 15) is 13.2 Å². The summed E-state index contributed by atoms with van der Waals surface area (Å²) in [5, 5.41) is 2.33. The molecule has 1 amide bonds. The first-order valence-corrected chi connectivity index (χ1v) is 8.86. The molecule has 1 fully saturated rings. The smallest absolute Gasteiger partial charge is 0.408 e. The van der Waals surface area contributed by atoms with Gasteiger partial charge in [0.2, 0.25) is 0 Å². The molecule has 0 heterocycles. The number of amides is 1. The summed E-state index contributed by atoms with van der Waals surface area (Å²) in [7, 11) is -3.52. The number of hydrogen-bond donors (Lipinski definition) is 1. The Hall–Kier alpha value is -1.56. The molecule has 1 aromatic rings. The minimum atomic E-state index is -3.52. The number of alkyl carbamates (subject to hydrolysis) is 1. The van der Waals surface area contributed by atoms with Crippen LogP contribution in [0.1, 0.15) is 37.7 Å². The monoisotopic (exact) mass is 311 g/mol. The third-order valence-electron chi connectivity index (χ3n) is 3.61. The molecule has 0 radical (unpaired) electrons. The van der Waals surface area contributed by atoms with Crippen LogP contribution in [-0.2, 0) is 14.6 Å². The van der Waals surface area contributed by atoms with E-state index in [0.29, 0.717) is 0 Å². The number of rotatable bonds is 4. The molecule has 1 N–H and O–H groups in total. The summed E-state index contributed by atoms with van der Waals surface area (Å²) in [5.74, 6) is -0.443. The van der Waals surface area contributed by atoms with Gasteiger partial charge in [-0.2, -0.15) is 0 Å². The predicted octanol–water partition coefficient (Wildman–Crippen LogP) is 2.79. The lowest BCUT2D eigenvalue weighted by Crippen LogP contribution is -2.33. The fourth-order valence-electron chi connectivity index (χ4n) is 2.36. The van der Waals surface area contributed by atoms with E-state index in [2.05, 4.69) is 5.32 Å². The zero-order chi connectivity index (χ0) is 15.3. The van der Waals surface area contributed by atoms with Gasteiger partial charge in [0.05, 0.1) is 4.90 Å². The van der Waals surface area contributed by atoms with E-state index in [1.807, 2.05) is 6.92 Å². The van der Waals surface area contributed by atoms with Crippen LogP contribution >= 0.6 is 0 Å². The average Bonchev–Trinajstić information content (AvgIpc) is 2.47. The second-order valence-electron chi connectivity index (χ2n) is 5.41. The van der Waals surface area contributed by atoms with Crippen molar-refractivity contribution in [1.82, 2.24) is 5.32 Å². The van der Waals surface area contributed by atoms with Crippen LogP contribution in [-0.4, -0.2) is 26.5 Å². The minimum absolute atomic E-state index is 0.0826. The Morgan fingerprint density at radius 1 is 1.19 bits per heavy atom. The van der Waals surface area contributed by atoms with Gasteiger partial charge in [-0.3, -0.25) is 0 Å². The van der Waals surface area contributed by atoms with Crippen LogP contribution in [0.2, 0.25) is 0 Å². The van der Waals surface area contributed by atoms with E-state index in [0.717, 1.165) is 31.2 Å². The number of hydrogen-bond acceptors (Lipinski definition) is 4. The van der Waals surface area contributed by atoms with Crippen molar-refractivity contribution in [3.05, 3.63) is 29.8 Å². The minimum Gasteiger partial charge on any atom is -0.446 e. The highest BCUT2D eigenvalue weighted by atomic mass is 32.2. The summed E-state index contributed by atoms with van der Waals surface area (Å²) in [6.45, 7) is 1.89. The van der Waals surface area contributed by atoms with Gasteiger partial charge in [0, 0.05) is 0 Å². The third-order valence-corrected chi connectivity index (χ3v) is 5.13. The van der Waals surface area contributed by atoms with Crippen molar-refractivity contribution in [2.45, 2.75) is 50.0 Å². The van der Waals surface area contributed by atoms with Crippen molar-refractivity contribution in [3.63, 3.8) is 0 Å². The molecule has 0 saturated heterocycles. The molecule has 2 rings (SSSR count). The maximum absolute atomic E-state index is 12.1. The lowest BCUT2D eigenvalue weighted by atomic mass is 9.98. The van der Waals surface area contributed by atoms with Gasteiger partial charge >= 0.3 is 6.09 Å². The lowest BCUT2D eigenvalue weighted by molar-refractivity contribution is 0.0764. The number of carbonyl (C=O) groups excluding carboxylic acids is 1. The van der Waals surface area contributed by atoms with Gasteiger partial charge in [-0.15, -0.1) is 0 Å². The summed E-state index contributed by atoms with van der Waals surface area (Å²) in [6.07, 6.45) is 4.26. The van der Waals surface area contributed by atoms with E-state index >= 15 is 0 Å². The maximum Gasteiger partial charge on any atom is 0.408 e. The van der Waals surface area contributed by atoms with Crippen molar-refractivity contribution in [2.24, 2.45) is 0 Å². The fourth-order valence-corrected chi connectivity index (χ4v) is 3.38. The molecular formula is C15H21NO4S. The second kappa shape index (κ2) is 6.93. The molecule has 1 aliphatic rings. The number of aryl methyl sites for hydroxylation is 1. The predicted molar refractivity (Wildman–Crippen MR) is 79.7 cm³/mol. The number of sulfone groups is 1. The van der Waals surface area contributed by atoms with Crippen molar-refractivity contribution in [2.75, 3.05) is 5.88 Å². The van der Waals surface area contributed by atoms with Crippen LogP contribution in [0.15, 0.2) is 29.2 Å². The number of nitrogens with one attached hydrogen (secondary N) is 1. The first-order valence-electron chi connectivity index (χ1n) is 7.21. The molecule has 0 atom stereocenters. The summed E-state index contributed by atoms with van der Waals surface area (Å²) in [6, 6.07) is 6.54. The van der Waals surface area contributed by atoms with E-state index < -0.39 is 21.8 Å². The zero-order valence-corrected chi connectivity index (χ0v) is 13.0. The van der Waals surface area contributed by atoms with Gasteiger partial charge in [-0.1, -0.05) is 24.1 Å². The van der Waals surface area contributed by atoms with Crippen molar-refractivity contribution in [1.29, 1.82) is 0 Å². The molecule has 0 unspecified atom stereocenters. The van der Waals surface area contributed by atoms with Gasteiger partial charge in [0.25, 0.3) is 0 Å². The largest absolute Gasteiger partial charge is 0.446 e. The highest BCUT2D eigenvalue weighted by Gasteiger charge is 2.20. The van der Waals surface area contributed by atoms with Crippen LogP contribution < -0.4 is 5.32 Å². The van der Waals surface area contributed by atoms with Gasteiger partial charge in [-0.05, 0) is 44.7 Å². The number of benzene rings is 1. The van der Waals surface area contributed by atoms with E-state index in [4.69, 9.17) is 4.74 Å². The Bertz CT molecular complexity index is 574. The highest BCUT2D eigenvalue weighted by Crippen LogP contribution is 2.20. The Morgan fingerprint density at radius 3 is 2.43 bits per heavy atom. The van der Waals surface area contributed by atoms with E-state index in [-0.39, 0.29) is 11.0 Å². The fraction of sp³-hybridized carbons (Fsp3) is 0.533. The Morgan fingerprint density at radius 2 is 1.81 bits per heavy atom. The van der Waals surface area contributed by atoms with Gasteiger partial charge in [-0.25, -0.2) is 13.2 Å². The molecule has 6 heteroatoms. The van der Waals surface area contributed by atoms with Gasteiger partial charge in [0.1, 0.15) is 12.0 Å².